The van der Waals surface area contributed by atoms with Crippen molar-refractivity contribution < 1.29 is 17.9 Å². The fourth-order valence-corrected chi connectivity index (χ4v) is 3.02. The van der Waals surface area contributed by atoms with Crippen LogP contribution in [0.1, 0.15) is 17.3 Å². The molecule has 0 aromatic heterocycles. The SMILES string of the molecule is CCS(=O)(=O)Nc1ccc(NC(=O)c2ccc(Oc3ccccc3)cc2)cc1. The molecule has 0 heterocycles. The maximum absolute atomic E-state index is 12.4. The van der Waals surface area contributed by atoms with Crippen LogP contribution in [-0.4, -0.2) is 20.1 Å². The van der Waals surface area contributed by atoms with E-state index >= 15 is 0 Å². The van der Waals surface area contributed by atoms with Crippen molar-refractivity contribution in [3.05, 3.63) is 84.4 Å². The molecular formula is C21H20N2O4S. The number of nitrogens with one attached hydrogen (secondary N) is 2. The number of carbonyl (C=O) groups excluding carboxylic acids is 1. The first-order valence-corrected chi connectivity index (χ1v) is 10.4. The van der Waals surface area contributed by atoms with Gasteiger partial charge in [-0.15, -0.1) is 0 Å². The maximum Gasteiger partial charge on any atom is 0.255 e. The van der Waals surface area contributed by atoms with Crippen LogP contribution in [0.2, 0.25) is 0 Å². The zero-order chi connectivity index (χ0) is 20.0. The van der Waals surface area contributed by atoms with E-state index in [0.29, 0.717) is 22.7 Å². The quantitative estimate of drug-likeness (QED) is 0.616. The van der Waals surface area contributed by atoms with E-state index in [9.17, 15) is 13.2 Å². The Morgan fingerprint density at radius 1 is 0.821 bits per heavy atom. The molecular weight excluding hydrogens is 376 g/mol. The van der Waals surface area contributed by atoms with Gasteiger partial charge in [-0.3, -0.25) is 9.52 Å². The average molecular weight is 396 g/mol. The first-order valence-electron chi connectivity index (χ1n) is 8.70. The van der Waals surface area contributed by atoms with Crippen molar-refractivity contribution in [2.45, 2.75) is 6.92 Å². The van der Waals surface area contributed by atoms with Crippen molar-refractivity contribution in [2.75, 3.05) is 15.8 Å². The summed E-state index contributed by atoms with van der Waals surface area (Å²) in [6.45, 7) is 1.56. The standard InChI is InChI=1S/C21H20N2O4S/c1-2-28(25,26)23-18-12-10-17(11-13-18)22-21(24)16-8-14-20(15-9-16)27-19-6-4-3-5-7-19/h3-15,23H,2H2,1H3,(H,22,24). The highest BCUT2D eigenvalue weighted by molar-refractivity contribution is 7.92. The predicted molar refractivity (Wildman–Crippen MR) is 110 cm³/mol. The van der Waals surface area contributed by atoms with Crippen molar-refractivity contribution in [3.8, 4) is 11.5 Å². The summed E-state index contributed by atoms with van der Waals surface area (Å²) in [6, 6.07) is 22.7. The number of carbonyl (C=O) groups is 1. The Bertz CT molecular complexity index is 1030. The summed E-state index contributed by atoms with van der Waals surface area (Å²) < 4.78 is 31.3. The highest BCUT2D eigenvalue weighted by Crippen LogP contribution is 2.22. The second-order valence-electron chi connectivity index (χ2n) is 5.98. The summed E-state index contributed by atoms with van der Waals surface area (Å²) >= 11 is 0. The number of anilines is 2. The van der Waals surface area contributed by atoms with Crippen LogP contribution in [0, 0.1) is 0 Å². The third-order valence-electron chi connectivity index (χ3n) is 3.89. The number of hydrogen-bond donors (Lipinski definition) is 2. The first-order chi connectivity index (χ1) is 13.4. The van der Waals surface area contributed by atoms with Gasteiger partial charge in [0.15, 0.2) is 0 Å². The lowest BCUT2D eigenvalue weighted by Crippen LogP contribution is -2.15. The van der Waals surface area contributed by atoms with Gasteiger partial charge in [-0.25, -0.2) is 8.42 Å². The number of benzene rings is 3. The van der Waals surface area contributed by atoms with E-state index in [0.717, 1.165) is 5.75 Å². The summed E-state index contributed by atoms with van der Waals surface area (Å²) in [4.78, 5) is 12.4. The molecule has 0 aliphatic rings. The van der Waals surface area contributed by atoms with Crippen LogP contribution >= 0.6 is 0 Å². The van der Waals surface area contributed by atoms with Gasteiger partial charge in [0.1, 0.15) is 11.5 Å². The minimum Gasteiger partial charge on any atom is -0.457 e. The molecule has 144 valence electrons. The molecule has 0 aliphatic carbocycles. The molecule has 3 rings (SSSR count). The van der Waals surface area contributed by atoms with E-state index in [-0.39, 0.29) is 11.7 Å². The lowest BCUT2D eigenvalue weighted by molar-refractivity contribution is 0.102. The highest BCUT2D eigenvalue weighted by Gasteiger charge is 2.09. The molecule has 3 aromatic rings. The van der Waals surface area contributed by atoms with Crippen LogP contribution in [0.3, 0.4) is 0 Å². The molecule has 2 N–H and O–H groups in total. The molecule has 0 aliphatic heterocycles. The summed E-state index contributed by atoms with van der Waals surface area (Å²) in [7, 11) is -3.33. The zero-order valence-corrected chi connectivity index (χ0v) is 16.1. The Morgan fingerprint density at radius 2 is 1.39 bits per heavy atom. The average Bonchev–Trinajstić information content (AvgIpc) is 2.70. The summed E-state index contributed by atoms with van der Waals surface area (Å²) in [6.07, 6.45) is 0. The number of hydrogen-bond acceptors (Lipinski definition) is 4. The van der Waals surface area contributed by atoms with Crippen molar-refractivity contribution in [2.24, 2.45) is 0 Å². The second-order valence-corrected chi connectivity index (χ2v) is 7.99. The van der Waals surface area contributed by atoms with Crippen LogP contribution < -0.4 is 14.8 Å². The molecule has 3 aromatic carbocycles. The third kappa shape index (κ3) is 5.34. The van der Waals surface area contributed by atoms with Crippen molar-refractivity contribution >= 4 is 27.3 Å². The number of para-hydroxylation sites is 1. The van der Waals surface area contributed by atoms with Gasteiger partial charge in [0, 0.05) is 16.9 Å². The highest BCUT2D eigenvalue weighted by atomic mass is 32.2. The normalized spacial score (nSPS) is 10.9. The largest absolute Gasteiger partial charge is 0.457 e. The van der Waals surface area contributed by atoms with E-state index in [4.69, 9.17) is 4.74 Å². The maximum atomic E-state index is 12.4. The Labute approximate surface area is 164 Å². The number of sulfonamides is 1. The second kappa shape index (κ2) is 8.58. The van der Waals surface area contributed by atoms with Gasteiger partial charge in [0.2, 0.25) is 10.0 Å². The van der Waals surface area contributed by atoms with E-state index < -0.39 is 10.0 Å². The molecule has 28 heavy (non-hydrogen) atoms. The van der Waals surface area contributed by atoms with Gasteiger partial charge in [-0.2, -0.15) is 0 Å². The van der Waals surface area contributed by atoms with Crippen molar-refractivity contribution in [1.82, 2.24) is 0 Å². The molecule has 0 fully saturated rings. The minimum atomic E-state index is -3.33. The predicted octanol–water partition coefficient (Wildman–Crippen LogP) is 4.49. The van der Waals surface area contributed by atoms with Gasteiger partial charge < -0.3 is 10.1 Å². The lowest BCUT2D eigenvalue weighted by Gasteiger charge is -2.09. The minimum absolute atomic E-state index is 0.00449. The van der Waals surface area contributed by atoms with Crippen molar-refractivity contribution in [1.29, 1.82) is 0 Å². The van der Waals surface area contributed by atoms with E-state index in [2.05, 4.69) is 10.0 Å². The molecule has 0 unspecified atom stereocenters. The fraction of sp³-hybridized carbons (Fsp3) is 0.0952. The number of ether oxygens (including phenoxy) is 1. The van der Waals surface area contributed by atoms with E-state index in [1.54, 1.807) is 55.5 Å². The first kappa shape index (κ1) is 19.4. The molecule has 1 amide bonds. The monoisotopic (exact) mass is 396 g/mol. The molecule has 6 nitrogen and oxygen atoms in total. The van der Waals surface area contributed by atoms with Crippen molar-refractivity contribution in [3.63, 3.8) is 0 Å². The summed E-state index contributed by atoms with van der Waals surface area (Å²) in [5.41, 5.74) is 1.49. The Balaban J connectivity index is 1.61. The van der Waals surface area contributed by atoms with Gasteiger partial charge >= 0.3 is 0 Å². The van der Waals surface area contributed by atoms with Gasteiger partial charge in [-0.05, 0) is 67.6 Å². The van der Waals surface area contributed by atoms with Crippen LogP contribution in [0.25, 0.3) is 0 Å². The van der Waals surface area contributed by atoms with Crippen LogP contribution in [0.5, 0.6) is 11.5 Å². The number of amides is 1. The molecule has 0 saturated carbocycles. The molecule has 7 heteroatoms. The Morgan fingerprint density at radius 3 is 2.00 bits per heavy atom. The third-order valence-corrected chi connectivity index (χ3v) is 5.20. The topological polar surface area (TPSA) is 84.5 Å². The molecule has 0 bridgehead atoms. The van der Waals surface area contributed by atoms with E-state index in [1.165, 1.54) is 0 Å². The number of rotatable bonds is 7. The molecule has 0 radical (unpaired) electrons. The summed E-state index contributed by atoms with van der Waals surface area (Å²) in [5, 5.41) is 2.77. The summed E-state index contributed by atoms with van der Waals surface area (Å²) in [5.74, 6) is 1.08. The van der Waals surface area contributed by atoms with E-state index in [1.807, 2.05) is 30.3 Å². The van der Waals surface area contributed by atoms with Gasteiger partial charge in [-0.1, -0.05) is 18.2 Å². The van der Waals surface area contributed by atoms with Gasteiger partial charge in [0.05, 0.1) is 5.75 Å². The van der Waals surface area contributed by atoms with Gasteiger partial charge in [0.25, 0.3) is 5.91 Å². The Hall–Kier alpha value is -3.32. The molecule has 0 atom stereocenters. The molecule has 0 spiro atoms. The fourth-order valence-electron chi connectivity index (χ4n) is 2.38. The van der Waals surface area contributed by atoms with Crippen LogP contribution in [0.15, 0.2) is 78.9 Å². The smallest absolute Gasteiger partial charge is 0.255 e. The Kier molecular flexibility index (Phi) is 5.96. The van der Waals surface area contributed by atoms with Crippen LogP contribution in [0.4, 0.5) is 11.4 Å². The lowest BCUT2D eigenvalue weighted by atomic mass is 10.2. The van der Waals surface area contributed by atoms with Crippen LogP contribution in [-0.2, 0) is 10.0 Å². The zero-order valence-electron chi connectivity index (χ0n) is 15.3. The molecule has 0 saturated heterocycles.